The molecule has 21 heavy (non-hydrogen) atoms. The van der Waals surface area contributed by atoms with Crippen LogP contribution in [-0.2, 0) is 6.54 Å². The van der Waals surface area contributed by atoms with Crippen molar-refractivity contribution in [2.75, 3.05) is 11.9 Å². The second-order valence-corrected chi connectivity index (χ2v) is 4.60. The average Bonchev–Trinajstić information content (AvgIpc) is 2.47. The van der Waals surface area contributed by atoms with Crippen molar-refractivity contribution in [3.8, 4) is 5.88 Å². The molecule has 1 heterocycles. The third-order valence-electron chi connectivity index (χ3n) is 2.84. The first-order chi connectivity index (χ1) is 10.2. The minimum atomic E-state index is 0.368. The Morgan fingerprint density at radius 2 is 2.19 bits per heavy atom. The number of aromatic nitrogens is 1. The highest BCUT2D eigenvalue weighted by molar-refractivity contribution is 5.92. The molecule has 2 rings (SSSR count). The Morgan fingerprint density at radius 1 is 1.33 bits per heavy atom. The van der Waals surface area contributed by atoms with Crippen LogP contribution in [-0.4, -0.2) is 17.6 Å². The second kappa shape index (κ2) is 7.28. The van der Waals surface area contributed by atoms with Crippen molar-refractivity contribution in [1.29, 1.82) is 0 Å². The number of hydrogen-bond donors (Lipinski definition) is 2. The molecule has 0 atom stereocenters. The van der Waals surface area contributed by atoms with E-state index in [9.17, 15) is 0 Å². The molecule has 5 nitrogen and oxygen atoms in total. The second-order valence-electron chi connectivity index (χ2n) is 4.60. The first kappa shape index (κ1) is 14.8. The summed E-state index contributed by atoms with van der Waals surface area (Å²) in [5.74, 6) is 0.971. The van der Waals surface area contributed by atoms with E-state index in [1.54, 1.807) is 6.20 Å². The Morgan fingerprint density at radius 3 is 2.95 bits per heavy atom. The molecular weight excluding hydrogens is 264 g/mol. The lowest BCUT2D eigenvalue weighted by Gasteiger charge is -2.08. The number of nitrogens with zero attached hydrogens (tertiary/aromatic N) is 2. The van der Waals surface area contributed by atoms with Crippen molar-refractivity contribution in [1.82, 2.24) is 4.98 Å². The smallest absolute Gasteiger partial charge is 0.218 e. The zero-order valence-corrected chi connectivity index (χ0v) is 12.3. The molecule has 1 aromatic heterocycles. The molecule has 0 spiro atoms. The lowest BCUT2D eigenvalue weighted by atomic mass is 10.2. The summed E-state index contributed by atoms with van der Waals surface area (Å²) in [4.78, 5) is 8.51. The Hall–Kier alpha value is -2.56. The number of hydrogen-bond acceptors (Lipinski definition) is 3. The summed E-state index contributed by atoms with van der Waals surface area (Å²) < 4.78 is 5.46. The van der Waals surface area contributed by atoms with Gasteiger partial charge in [-0.25, -0.2) is 9.98 Å². The normalized spacial score (nSPS) is 11.2. The highest BCUT2D eigenvalue weighted by Crippen LogP contribution is 2.15. The van der Waals surface area contributed by atoms with Gasteiger partial charge in [-0.2, -0.15) is 0 Å². The van der Waals surface area contributed by atoms with Crippen molar-refractivity contribution in [2.45, 2.75) is 20.4 Å². The van der Waals surface area contributed by atoms with E-state index in [-0.39, 0.29) is 0 Å². The van der Waals surface area contributed by atoms with Gasteiger partial charge in [-0.1, -0.05) is 18.2 Å². The Balaban J connectivity index is 2.03. The van der Waals surface area contributed by atoms with Crippen LogP contribution in [0, 0.1) is 6.92 Å². The molecule has 0 aliphatic carbocycles. The molecule has 1 aromatic carbocycles. The van der Waals surface area contributed by atoms with E-state index in [4.69, 9.17) is 10.5 Å². The summed E-state index contributed by atoms with van der Waals surface area (Å²) in [5.41, 5.74) is 8.90. The Bertz CT molecular complexity index is 625. The molecule has 0 bridgehead atoms. The van der Waals surface area contributed by atoms with Crippen LogP contribution < -0.4 is 15.8 Å². The van der Waals surface area contributed by atoms with E-state index >= 15 is 0 Å². The maximum atomic E-state index is 5.91. The topological polar surface area (TPSA) is 72.5 Å². The fraction of sp³-hybridized carbons (Fsp3) is 0.250. The summed E-state index contributed by atoms with van der Waals surface area (Å²) in [7, 11) is 0. The monoisotopic (exact) mass is 284 g/mol. The number of benzene rings is 1. The van der Waals surface area contributed by atoms with Gasteiger partial charge in [0.15, 0.2) is 5.96 Å². The number of guanidine groups is 1. The Labute approximate surface area is 124 Å². The number of aryl methyl sites for hydroxylation is 1. The standard InChI is InChI=1S/C16H20N4O/c1-3-21-15-13(7-5-9-18-15)11-19-16(17)20-14-8-4-6-12(2)10-14/h4-10H,3,11H2,1-2H3,(H3,17,19,20). The summed E-state index contributed by atoms with van der Waals surface area (Å²) in [5, 5.41) is 3.07. The Kier molecular flexibility index (Phi) is 5.15. The van der Waals surface area contributed by atoms with Gasteiger partial charge in [-0.05, 0) is 37.6 Å². The number of aliphatic imine (C=N–C) groups is 1. The highest BCUT2D eigenvalue weighted by Gasteiger charge is 2.03. The van der Waals surface area contributed by atoms with Crippen LogP contribution in [0.25, 0.3) is 0 Å². The third-order valence-corrected chi connectivity index (χ3v) is 2.84. The van der Waals surface area contributed by atoms with Crippen LogP contribution >= 0.6 is 0 Å². The predicted octanol–water partition coefficient (Wildman–Crippen LogP) is 2.72. The molecule has 5 heteroatoms. The number of ether oxygens (including phenoxy) is 1. The quantitative estimate of drug-likeness (QED) is 0.654. The third kappa shape index (κ3) is 4.49. The van der Waals surface area contributed by atoms with E-state index in [2.05, 4.69) is 15.3 Å². The van der Waals surface area contributed by atoms with Crippen molar-refractivity contribution in [3.63, 3.8) is 0 Å². The highest BCUT2D eigenvalue weighted by atomic mass is 16.5. The molecule has 0 aliphatic heterocycles. The molecule has 110 valence electrons. The van der Waals surface area contributed by atoms with E-state index in [0.29, 0.717) is 25.0 Å². The van der Waals surface area contributed by atoms with Crippen LogP contribution in [0.4, 0.5) is 5.69 Å². The van der Waals surface area contributed by atoms with E-state index in [0.717, 1.165) is 11.3 Å². The molecule has 0 radical (unpaired) electrons. The van der Waals surface area contributed by atoms with Crippen LogP contribution in [0.5, 0.6) is 5.88 Å². The van der Waals surface area contributed by atoms with Crippen LogP contribution in [0.15, 0.2) is 47.6 Å². The number of nitrogens with one attached hydrogen (secondary N) is 1. The largest absolute Gasteiger partial charge is 0.478 e. The minimum absolute atomic E-state index is 0.368. The van der Waals surface area contributed by atoms with Gasteiger partial charge in [0.25, 0.3) is 0 Å². The molecule has 0 aliphatic rings. The molecule has 0 fully saturated rings. The lowest BCUT2D eigenvalue weighted by molar-refractivity contribution is 0.323. The fourth-order valence-corrected chi connectivity index (χ4v) is 1.89. The van der Waals surface area contributed by atoms with Crippen molar-refractivity contribution in [3.05, 3.63) is 53.7 Å². The summed E-state index contributed by atoms with van der Waals surface area (Å²) in [6, 6.07) is 11.8. The van der Waals surface area contributed by atoms with Gasteiger partial charge >= 0.3 is 0 Å². The van der Waals surface area contributed by atoms with Gasteiger partial charge < -0.3 is 15.8 Å². The van der Waals surface area contributed by atoms with Gasteiger partial charge in [-0.3, -0.25) is 0 Å². The van der Waals surface area contributed by atoms with Crippen LogP contribution in [0.3, 0.4) is 0 Å². The van der Waals surface area contributed by atoms with E-state index < -0.39 is 0 Å². The van der Waals surface area contributed by atoms with Gasteiger partial charge in [-0.15, -0.1) is 0 Å². The minimum Gasteiger partial charge on any atom is -0.478 e. The molecule has 2 aromatic rings. The van der Waals surface area contributed by atoms with Crippen LogP contribution in [0.2, 0.25) is 0 Å². The maximum absolute atomic E-state index is 5.91. The zero-order chi connectivity index (χ0) is 15.1. The summed E-state index contributed by atoms with van der Waals surface area (Å²) in [6.45, 7) is 4.95. The number of nitrogens with two attached hydrogens (primary N) is 1. The van der Waals surface area contributed by atoms with Gasteiger partial charge in [0, 0.05) is 17.4 Å². The lowest BCUT2D eigenvalue weighted by Crippen LogP contribution is -2.22. The molecule has 3 N–H and O–H groups in total. The molecule has 0 amide bonds. The molecule has 0 unspecified atom stereocenters. The van der Waals surface area contributed by atoms with Gasteiger partial charge in [0.1, 0.15) is 0 Å². The summed E-state index contributed by atoms with van der Waals surface area (Å²) >= 11 is 0. The van der Waals surface area contributed by atoms with Crippen LogP contribution in [0.1, 0.15) is 18.1 Å². The summed E-state index contributed by atoms with van der Waals surface area (Å²) in [6.07, 6.45) is 1.70. The predicted molar refractivity (Wildman–Crippen MR) is 85.5 cm³/mol. The van der Waals surface area contributed by atoms with Crippen molar-refractivity contribution < 1.29 is 4.74 Å². The van der Waals surface area contributed by atoms with Crippen molar-refractivity contribution in [2.24, 2.45) is 10.7 Å². The van der Waals surface area contributed by atoms with E-state index in [1.807, 2.05) is 50.2 Å². The first-order valence-electron chi connectivity index (χ1n) is 6.89. The van der Waals surface area contributed by atoms with Gasteiger partial charge in [0.2, 0.25) is 5.88 Å². The molecule has 0 saturated heterocycles. The fourth-order valence-electron chi connectivity index (χ4n) is 1.89. The number of rotatable bonds is 5. The van der Waals surface area contributed by atoms with E-state index in [1.165, 1.54) is 5.56 Å². The zero-order valence-electron chi connectivity index (χ0n) is 12.3. The SMILES string of the molecule is CCOc1ncccc1CN=C(N)Nc1cccc(C)c1. The van der Waals surface area contributed by atoms with Gasteiger partial charge in [0.05, 0.1) is 13.2 Å². The average molecular weight is 284 g/mol. The molecular formula is C16H20N4O. The number of anilines is 1. The molecule has 0 saturated carbocycles. The maximum Gasteiger partial charge on any atom is 0.218 e. The first-order valence-corrected chi connectivity index (χ1v) is 6.89. The number of pyridine rings is 1. The van der Waals surface area contributed by atoms with Crippen molar-refractivity contribution >= 4 is 11.6 Å².